The molecule has 1 amide bonds. The molecule has 2 aliphatic rings. The summed E-state index contributed by atoms with van der Waals surface area (Å²) >= 11 is 1.38. The number of nitrogens with one attached hydrogen (secondary N) is 1. The van der Waals surface area contributed by atoms with Gasteiger partial charge >= 0.3 is 0 Å². The summed E-state index contributed by atoms with van der Waals surface area (Å²) in [5.74, 6) is -2.66. The van der Waals surface area contributed by atoms with E-state index in [2.05, 4.69) is 10.3 Å². The number of nitrogens with zero attached hydrogens (tertiary/aromatic N) is 2. The van der Waals surface area contributed by atoms with Gasteiger partial charge in [-0.2, -0.15) is 0 Å². The molecular formula is C21H19F2N3OS. The third kappa shape index (κ3) is 3.03. The average molecular weight is 399 g/mol. The topological polar surface area (TPSA) is 45.2 Å². The fourth-order valence-corrected chi connectivity index (χ4v) is 4.85. The molecule has 1 aliphatic heterocycles. The van der Waals surface area contributed by atoms with Crippen molar-refractivity contribution in [2.75, 3.05) is 11.9 Å². The minimum absolute atomic E-state index is 0.00941. The SMILES string of the molecule is O=C(c1ccc2ccccc2c1)N1CCc2nc(NC3CCC3(F)F)sc2C1. The lowest BCUT2D eigenvalue weighted by molar-refractivity contribution is -0.0845. The van der Waals surface area contributed by atoms with Gasteiger partial charge in [0.05, 0.1) is 18.3 Å². The van der Waals surface area contributed by atoms with E-state index >= 15 is 0 Å². The molecule has 1 fully saturated rings. The van der Waals surface area contributed by atoms with Gasteiger partial charge in [0.25, 0.3) is 11.8 Å². The number of carbonyl (C=O) groups is 1. The van der Waals surface area contributed by atoms with Crippen molar-refractivity contribution in [3.8, 4) is 0 Å². The predicted octanol–water partition coefficient (Wildman–Crippen LogP) is 4.70. The zero-order chi connectivity index (χ0) is 19.3. The minimum atomic E-state index is -2.65. The Bertz CT molecular complexity index is 1060. The Hall–Kier alpha value is -2.54. The van der Waals surface area contributed by atoms with Gasteiger partial charge in [-0.25, -0.2) is 13.8 Å². The van der Waals surface area contributed by atoms with Crippen molar-refractivity contribution in [1.82, 2.24) is 9.88 Å². The fourth-order valence-electron chi connectivity index (χ4n) is 3.77. The lowest BCUT2D eigenvalue weighted by Gasteiger charge is -2.36. The lowest BCUT2D eigenvalue weighted by atomic mass is 9.88. The molecule has 0 spiro atoms. The maximum Gasteiger partial charge on any atom is 0.267 e. The van der Waals surface area contributed by atoms with Gasteiger partial charge in [0, 0.05) is 29.8 Å². The molecule has 1 unspecified atom stereocenters. The van der Waals surface area contributed by atoms with Crippen LogP contribution in [0.15, 0.2) is 42.5 Å². The smallest absolute Gasteiger partial charge is 0.267 e. The Kier molecular flexibility index (Phi) is 4.08. The van der Waals surface area contributed by atoms with Crippen molar-refractivity contribution in [2.24, 2.45) is 0 Å². The van der Waals surface area contributed by atoms with Crippen LogP contribution in [-0.4, -0.2) is 34.3 Å². The molecule has 3 aromatic rings. The number of fused-ring (bicyclic) bond motifs is 2. The van der Waals surface area contributed by atoms with E-state index in [0.717, 1.165) is 21.3 Å². The van der Waals surface area contributed by atoms with E-state index in [1.807, 2.05) is 47.4 Å². The molecule has 0 saturated heterocycles. The Balaban J connectivity index is 1.32. The monoisotopic (exact) mass is 399 g/mol. The van der Waals surface area contributed by atoms with E-state index in [1.54, 1.807) is 0 Å². The summed E-state index contributed by atoms with van der Waals surface area (Å²) in [6.45, 7) is 1.06. The van der Waals surface area contributed by atoms with Gasteiger partial charge < -0.3 is 10.2 Å². The largest absolute Gasteiger partial charge is 0.353 e. The lowest BCUT2D eigenvalue weighted by Crippen LogP contribution is -2.48. The van der Waals surface area contributed by atoms with Crippen LogP contribution >= 0.6 is 11.3 Å². The van der Waals surface area contributed by atoms with Gasteiger partial charge in [0.2, 0.25) is 0 Å². The maximum atomic E-state index is 13.5. The number of hydrogen-bond donors (Lipinski definition) is 1. The van der Waals surface area contributed by atoms with Crippen molar-refractivity contribution in [3.05, 3.63) is 58.6 Å². The Morgan fingerprint density at radius 3 is 2.79 bits per heavy atom. The minimum Gasteiger partial charge on any atom is -0.353 e. The molecule has 1 aromatic heterocycles. The zero-order valence-electron chi connectivity index (χ0n) is 15.1. The molecule has 4 nitrogen and oxygen atoms in total. The van der Waals surface area contributed by atoms with Crippen molar-refractivity contribution in [3.63, 3.8) is 0 Å². The molecule has 0 bridgehead atoms. The van der Waals surface area contributed by atoms with E-state index < -0.39 is 12.0 Å². The van der Waals surface area contributed by atoms with Gasteiger partial charge in [-0.05, 0) is 29.3 Å². The first-order chi connectivity index (χ1) is 13.5. The molecule has 7 heteroatoms. The molecule has 1 N–H and O–H groups in total. The van der Waals surface area contributed by atoms with Gasteiger partial charge in [-0.3, -0.25) is 4.79 Å². The molecular weight excluding hydrogens is 380 g/mol. The molecule has 0 radical (unpaired) electrons. The van der Waals surface area contributed by atoms with Crippen molar-refractivity contribution in [2.45, 2.75) is 37.8 Å². The normalized spacial score (nSPS) is 20.5. The van der Waals surface area contributed by atoms with Crippen molar-refractivity contribution >= 4 is 33.1 Å². The predicted molar refractivity (Wildman–Crippen MR) is 106 cm³/mol. The second-order valence-corrected chi connectivity index (χ2v) is 8.51. The molecule has 1 aliphatic carbocycles. The second-order valence-electron chi connectivity index (χ2n) is 7.42. The number of anilines is 1. The summed E-state index contributed by atoms with van der Waals surface area (Å²) in [7, 11) is 0. The van der Waals surface area contributed by atoms with Gasteiger partial charge in [0.1, 0.15) is 0 Å². The zero-order valence-corrected chi connectivity index (χ0v) is 15.9. The van der Waals surface area contributed by atoms with Crippen LogP contribution in [0.4, 0.5) is 13.9 Å². The highest BCUT2D eigenvalue weighted by atomic mass is 32.1. The van der Waals surface area contributed by atoms with Crippen LogP contribution in [0.25, 0.3) is 10.8 Å². The summed E-state index contributed by atoms with van der Waals surface area (Å²) in [6.07, 6.45) is 1.04. The van der Waals surface area contributed by atoms with Crippen LogP contribution in [0.1, 0.15) is 33.8 Å². The van der Waals surface area contributed by atoms with E-state index in [1.165, 1.54) is 11.3 Å². The second kappa shape index (κ2) is 6.51. The van der Waals surface area contributed by atoms with E-state index in [9.17, 15) is 13.6 Å². The Labute approximate surface area is 165 Å². The van der Waals surface area contributed by atoms with E-state index in [0.29, 0.717) is 36.6 Å². The van der Waals surface area contributed by atoms with E-state index in [4.69, 9.17) is 0 Å². The van der Waals surface area contributed by atoms with Crippen molar-refractivity contribution in [1.29, 1.82) is 0 Å². The molecule has 1 atom stereocenters. The van der Waals surface area contributed by atoms with Gasteiger partial charge in [-0.1, -0.05) is 41.7 Å². The first-order valence-electron chi connectivity index (χ1n) is 9.41. The summed E-state index contributed by atoms with van der Waals surface area (Å²) in [4.78, 5) is 20.2. The van der Waals surface area contributed by atoms with Crippen molar-refractivity contribution < 1.29 is 13.6 Å². The number of alkyl halides is 2. The van der Waals surface area contributed by atoms with E-state index in [-0.39, 0.29) is 12.3 Å². The number of halogens is 2. The third-order valence-electron chi connectivity index (χ3n) is 5.59. The highest BCUT2D eigenvalue weighted by molar-refractivity contribution is 7.15. The first-order valence-corrected chi connectivity index (χ1v) is 10.2. The van der Waals surface area contributed by atoms with Crippen LogP contribution in [0.2, 0.25) is 0 Å². The standard InChI is InChI=1S/C21H19F2N3OS/c22-21(23)9-7-18(21)25-20-24-16-8-10-26(12-17(16)28-20)19(27)15-6-5-13-3-1-2-4-14(13)11-15/h1-6,11,18H,7-10,12H2,(H,24,25). The van der Waals surface area contributed by atoms with Gasteiger partial charge in [-0.15, -0.1) is 0 Å². The number of thiazole rings is 1. The van der Waals surface area contributed by atoms with Crippen LogP contribution < -0.4 is 5.32 Å². The van der Waals surface area contributed by atoms with Crippen LogP contribution in [0.3, 0.4) is 0 Å². The summed E-state index contributed by atoms with van der Waals surface area (Å²) in [5, 5.41) is 5.55. The third-order valence-corrected chi connectivity index (χ3v) is 6.60. The highest BCUT2D eigenvalue weighted by Gasteiger charge is 2.48. The van der Waals surface area contributed by atoms with Crippen LogP contribution in [0.5, 0.6) is 0 Å². The molecule has 28 heavy (non-hydrogen) atoms. The number of rotatable bonds is 3. The fraction of sp³-hybridized carbons (Fsp3) is 0.333. The molecule has 5 rings (SSSR count). The quantitative estimate of drug-likeness (QED) is 0.694. The number of aromatic nitrogens is 1. The summed E-state index contributed by atoms with van der Waals surface area (Å²) < 4.78 is 27.0. The summed E-state index contributed by atoms with van der Waals surface area (Å²) in [5.41, 5.74) is 1.58. The van der Waals surface area contributed by atoms with Gasteiger partial charge in [0.15, 0.2) is 5.13 Å². The molecule has 2 heterocycles. The van der Waals surface area contributed by atoms with Crippen LogP contribution in [0, 0.1) is 0 Å². The molecule has 144 valence electrons. The molecule has 1 saturated carbocycles. The first kappa shape index (κ1) is 17.6. The number of carbonyl (C=O) groups excluding carboxylic acids is 1. The summed E-state index contributed by atoms with van der Waals surface area (Å²) in [6, 6.07) is 12.9. The Morgan fingerprint density at radius 1 is 1.21 bits per heavy atom. The average Bonchev–Trinajstić information content (AvgIpc) is 3.12. The number of hydrogen-bond acceptors (Lipinski definition) is 4. The molecule has 2 aromatic carbocycles. The number of benzene rings is 2. The number of amides is 1. The Morgan fingerprint density at radius 2 is 2.04 bits per heavy atom. The highest BCUT2D eigenvalue weighted by Crippen LogP contribution is 2.40. The maximum absolute atomic E-state index is 13.5. The van der Waals surface area contributed by atoms with Crippen LogP contribution in [-0.2, 0) is 13.0 Å².